The minimum atomic E-state index is -0.692. The molecule has 1 amide bonds. The van der Waals surface area contributed by atoms with Gasteiger partial charge >= 0.3 is 0 Å². The predicted octanol–water partition coefficient (Wildman–Crippen LogP) is 3.76. The quantitative estimate of drug-likeness (QED) is 0.280. The lowest BCUT2D eigenvalue weighted by Crippen LogP contribution is -2.48. The third kappa shape index (κ3) is 3.65. The topological polar surface area (TPSA) is 155 Å². The van der Waals surface area contributed by atoms with Crippen LogP contribution in [0.5, 0.6) is 0 Å². The third-order valence-electron chi connectivity index (χ3n) is 6.81. The zero-order valence-electron chi connectivity index (χ0n) is 18.9. The van der Waals surface area contributed by atoms with Crippen LogP contribution >= 0.6 is 23.2 Å². The van der Waals surface area contributed by atoms with Gasteiger partial charge < -0.3 is 16.4 Å². The number of piperidine rings is 1. The summed E-state index contributed by atoms with van der Waals surface area (Å²) in [6.07, 6.45) is 3.14. The van der Waals surface area contributed by atoms with E-state index in [1.165, 1.54) is 0 Å². The molecule has 3 aromatic heterocycles. The number of fused-ring (bicyclic) bond motifs is 2. The highest BCUT2D eigenvalue weighted by molar-refractivity contribution is 6.43. The van der Waals surface area contributed by atoms with Crippen molar-refractivity contribution in [1.29, 1.82) is 0 Å². The van der Waals surface area contributed by atoms with Crippen LogP contribution in [0.15, 0.2) is 42.6 Å². The van der Waals surface area contributed by atoms with Gasteiger partial charge in [-0.2, -0.15) is 15.2 Å². The summed E-state index contributed by atoms with van der Waals surface area (Å²) in [6.45, 7) is 1.20. The Morgan fingerprint density at radius 1 is 1.08 bits per heavy atom. The molecular weight excluding hydrogens is 501 g/mol. The number of aromatic amines is 2. The number of carbonyl (C=O) groups is 1. The number of anilines is 1. The van der Waals surface area contributed by atoms with Gasteiger partial charge in [-0.05, 0) is 36.6 Å². The van der Waals surface area contributed by atoms with Crippen molar-refractivity contribution >= 4 is 57.0 Å². The summed E-state index contributed by atoms with van der Waals surface area (Å²) in [5, 5.41) is 16.4. The number of nitrogens with one attached hydrogen (secondary N) is 2. The lowest BCUT2D eigenvalue weighted by Gasteiger charge is -2.39. The zero-order valence-corrected chi connectivity index (χ0v) is 20.4. The maximum atomic E-state index is 12.4. The molecule has 1 saturated heterocycles. The fraction of sp³-hybridized carbons (Fsp3) is 0.208. The van der Waals surface area contributed by atoms with Gasteiger partial charge in [-0.15, -0.1) is 0 Å². The van der Waals surface area contributed by atoms with Crippen LogP contribution in [0.1, 0.15) is 28.9 Å². The largest absolute Gasteiger partial charge is 0.364 e. The van der Waals surface area contributed by atoms with E-state index in [4.69, 9.17) is 34.7 Å². The zero-order chi connectivity index (χ0) is 25.0. The summed E-state index contributed by atoms with van der Waals surface area (Å²) < 4.78 is 0. The minimum absolute atomic E-state index is 0.0600. The Morgan fingerprint density at radius 2 is 1.89 bits per heavy atom. The van der Waals surface area contributed by atoms with E-state index in [9.17, 15) is 4.79 Å². The molecule has 36 heavy (non-hydrogen) atoms. The van der Waals surface area contributed by atoms with Gasteiger partial charge in [0.2, 0.25) is 5.95 Å². The Bertz CT molecular complexity index is 1640. The molecule has 6 rings (SSSR count). The van der Waals surface area contributed by atoms with E-state index in [1.807, 2.05) is 17.0 Å². The Kier molecular flexibility index (Phi) is 5.32. The molecule has 2 aromatic carbocycles. The first-order chi connectivity index (χ1) is 17.3. The molecule has 0 saturated carbocycles. The fourth-order valence-electron chi connectivity index (χ4n) is 4.77. The highest BCUT2D eigenvalue weighted by atomic mass is 35.5. The van der Waals surface area contributed by atoms with Crippen LogP contribution in [0.3, 0.4) is 0 Å². The smallest absolute Gasteiger partial charge is 0.268 e. The van der Waals surface area contributed by atoms with Crippen molar-refractivity contribution in [2.45, 2.75) is 18.4 Å². The average Bonchev–Trinajstić information content (AvgIpc) is 3.52. The van der Waals surface area contributed by atoms with Crippen LogP contribution in [-0.2, 0) is 5.54 Å². The predicted molar refractivity (Wildman–Crippen MR) is 139 cm³/mol. The van der Waals surface area contributed by atoms with Gasteiger partial charge in [0, 0.05) is 29.6 Å². The van der Waals surface area contributed by atoms with Gasteiger partial charge in [0.25, 0.3) is 5.91 Å². The molecule has 182 valence electrons. The summed E-state index contributed by atoms with van der Waals surface area (Å²) in [5.74, 6) is -0.318. The summed E-state index contributed by atoms with van der Waals surface area (Å²) >= 11 is 12.6. The first-order valence-corrected chi connectivity index (χ1v) is 12.1. The maximum Gasteiger partial charge on any atom is 0.268 e. The molecule has 6 N–H and O–H groups in total. The van der Waals surface area contributed by atoms with Gasteiger partial charge in [-0.25, -0.2) is 4.98 Å². The number of H-pyrrole nitrogens is 2. The molecular formula is C24H21Cl2N9O. The van der Waals surface area contributed by atoms with E-state index in [-0.39, 0.29) is 5.69 Å². The van der Waals surface area contributed by atoms with E-state index in [1.54, 1.807) is 24.4 Å². The molecule has 10 nitrogen and oxygen atoms in total. The molecule has 1 fully saturated rings. The van der Waals surface area contributed by atoms with Crippen molar-refractivity contribution in [1.82, 2.24) is 30.4 Å². The van der Waals surface area contributed by atoms with Gasteiger partial charge in [0.1, 0.15) is 5.69 Å². The molecule has 5 aromatic rings. The Morgan fingerprint density at radius 3 is 2.67 bits per heavy atom. The third-order valence-corrected chi connectivity index (χ3v) is 7.63. The molecule has 1 aliphatic rings. The number of amides is 1. The molecule has 0 radical (unpaired) electrons. The molecule has 0 bridgehead atoms. The second-order valence-electron chi connectivity index (χ2n) is 8.95. The summed E-state index contributed by atoms with van der Waals surface area (Å²) in [5.41, 5.74) is 15.5. The van der Waals surface area contributed by atoms with E-state index < -0.39 is 11.4 Å². The number of aromatic nitrogens is 6. The van der Waals surface area contributed by atoms with Crippen LogP contribution in [0.2, 0.25) is 10.0 Å². The van der Waals surface area contributed by atoms with Crippen LogP contribution in [0.25, 0.3) is 33.2 Å². The van der Waals surface area contributed by atoms with E-state index in [0.29, 0.717) is 64.2 Å². The molecule has 12 heteroatoms. The number of halogens is 2. The summed E-state index contributed by atoms with van der Waals surface area (Å²) in [4.78, 5) is 23.6. The first-order valence-electron chi connectivity index (χ1n) is 11.3. The van der Waals surface area contributed by atoms with Gasteiger partial charge in [0.15, 0.2) is 5.65 Å². The van der Waals surface area contributed by atoms with Crippen molar-refractivity contribution < 1.29 is 4.79 Å². The van der Waals surface area contributed by atoms with E-state index in [0.717, 1.165) is 16.5 Å². The summed E-state index contributed by atoms with van der Waals surface area (Å²) in [7, 11) is 0. The molecule has 0 spiro atoms. The van der Waals surface area contributed by atoms with Crippen molar-refractivity contribution in [3.8, 4) is 11.3 Å². The van der Waals surface area contributed by atoms with Gasteiger partial charge in [-0.1, -0.05) is 41.4 Å². The van der Waals surface area contributed by atoms with Crippen molar-refractivity contribution in [2.75, 3.05) is 18.0 Å². The second kappa shape index (κ2) is 8.44. The van der Waals surface area contributed by atoms with Gasteiger partial charge in [0.05, 0.1) is 32.8 Å². The number of nitrogens with two attached hydrogens (primary N) is 2. The number of hydrogen-bond donors (Lipinski definition) is 4. The Labute approximate surface area is 215 Å². The molecule has 0 unspecified atom stereocenters. The van der Waals surface area contributed by atoms with Crippen molar-refractivity contribution in [3.63, 3.8) is 0 Å². The van der Waals surface area contributed by atoms with Crippen molar-refractivity contribution in [2.24, 2.45) is 11.5 Å². The molecule has 4 heterocycles. The highest BCUT2D eigenvalue weighted by Crippen LogP contribution is 2.38. The first kappa shape index (κ1) is 22.7. The highest BCUT2D eigenvalue weighted by Gasteiger charge is 2.34. The fourth-order valence-corrected chi connectivity index (χ4v) is 5.17. The Balaban J connectivity index is 1.33. The lowest BCUT2D eigenvalue weighted by atomic mass is 9.81. The monoisotopic (exact) mass is 521 g/mol. The van der Waals surface area contributed by atoms with Gasteiger partial charge in [-0.3, -0.25) is 15.0 Å². The number of carbonyl (C=O) groups excluding carboxylic acids is 1. The average molecular weight is 522 g/mol. The van der Waals surface area contributed by atoms with Crippen LogP contribution in [-0.4, -0.2) is 49.4 Å². The second-order valence-corrected chi connectivity index (χ2v) is 9.74. The number of rotatable bonds is 4. The number of nitrogens with zero attached hydrogens (tertiary/aromatic N) is 5. The molecule has 0 aliphatic carbocycles. The van der Waals surface area contributed by atoms with Crippen LogP contribution in [0, 0.1) is 0 Å². The lowest BCUT2D eigenvalue weighted by molar-refractivity contribution is 0.0997. The standard InChI is InChI=1S/C24H21Cl2N9O/c25-15-3-1-2-14(18(15)26)19-17-20(21(27)36)30-23(31-22(17)34-33-19)35-8-6-24(28,7-9-35)13-4-5-16-12(10-13)11-29-32-16/h1-5,10-11H,6-9,28H2,(H2,27,36)(H,29,32)(H,30,31,33,34). The Hall–Kier alpha value is -3.73. The molecule has 0 atom stereocenters. The van der Waals surface area contributed by atoms with E-state index in [2.05, 4.69) is 36.4 Å². The number of hydrogen-bond acceptors (Lipinski definition) is 7. The van der Waals surface area contributed by atoms with Crippen molar-refractivity contribution in [3.05, 3.63) is 63.9 Å². The van der Waals surface area contributed by atoms with E-state index >= 15 is 0 Å². The summed E-state index contributed by atoms with van der Waals surface area (Å²) in [6, 6.07) is 11.3. The number of primary amides is 1. The van der Waals surface area contributed by atoms with Crippen LogP contribution < -0.4 is 16.4 Å². The SMILES string of the molecule is NC(=O)c1nc(N2CCC(N)(c3ccc4[nH]ncc4c3)CC2)nc2n[nH]c(-c3cccc(Cl)c3Cl)c12. The maximum absolute atomic E-state index is 12.4. The molecule has 1 aliphatic heterocycles. The normalized spacial score (nSPS) is 15.6. The number of benzene rings is 2. The minimum Gasteiger partial charge on any atom is -0.364 e. The van der Waals surface area contributed by atoms with Crippen LogP contribution in [0.4, 0.5) is 5.95 Å².